The first kappa shape index (κ1) is 19.4. The first-order valence-electron chi connectivity index (χ1n) is 8.78. The van der Waals surface area contributed by atoms with Gasteiger partial charge in [-0.05, 0) is 23.8 Å². The molecule has 2 aromatic carbocycles. The number of hydrogen-bond donors (Lipinski definition) is 1. The number of likely N-dealkylation sites (N-methyl/N-ethyl adjacent to an activating group) is 1. The lowest BCUT2D eigenvalue weighted by Crippen LogP contribution is -2.41. The van der Waals surface area contributed by atoms with Crippen LogP contribution in [0.2, 0.25) is 0 Å². The van der Waals surface area contributed by atoms with Crippen LogP contribution in [0.15, 0.2) is 54.6 Å². The maximum atomic E-state index is 13.1. The maximum absolute atomic E-state index is 13.1. The van der Waals surface area contributed by atoms with Crippen molar-refractivity contribution in [1.82, 2.24) is 4.90 Å². The quantitative estimate of drug-likeness (QED) is 0.741. The van der Waals surface area contributed by atoms with E-state index in [1.54, 1.807) is 16.7 Å². The van der Waals surface area contributed by atoms with Crippen LogP contribution in [0.5, 0.6) is 0 Å². The van der Waals surface area contributed by atoms with Crippen LogP contribution < -0.4 is 5.32 Å². The Balaban J connectivity index is 2.39. The highest BCUT2D eigenvalue weighted by Crippen LogP contribution is 2.44. The molecule has 0 bridgehead atoms. The van der Waals surface area contributed by atoms with E-state index in [1.165, 1.54) is 5.56 Å². The van der Waals surface area contributed by atoms with Crippen LogP contribution in [0.25, 0.3) is 0 Å². The normalized spacial score (nSPS) is 13.1. The maximum Gasteiger partial charge on any atom is 0.242 e. The molecule has 0 fully saturated rings. The molecule has 4 heteroatoms. The van der Waals surface area contributed by atoms with Crippen molar-refractivity contribution in [2.45, 2.75) is 31.6 Å². The van der Waals surface area contributed by atoms with E-state index in [0.717, 1.165) is 30.0 Å². The molecule has 0 aromatic heterocycles. The highest BCUT2D eigenvalue weighted by Gasteiger charge is 2.41. The van der Waals surface area contributed by atoms with Gasteiger partial charge in [0.2, 0.25) is 5.91 Å². The molecule has 1 unspecified atom stereocenters. The number of para-hydroxylation sites is 1. The number of hydrogen-bond acceptors (Lipinski definition) is 3. The second-order valence-corrected chi connectivity index (χ2v) is 7.76. The summed E-state index contributed by atoms with van der Waals surface area (Å²) < 4.78 is -0.557. The number of carbonyl (C=O) groups excluding carboxylic acids is 1. The summed E-state index contributed by atoms with van der Waals surface area (Å²) in [6.45, 7) is 4.95. The molecule has 1 atom stereocenters. The van der Waals surface area contributed by atoms with Crippen LogP contribution >= 0.6 is 11.8 Å². The molecule has 25 heavy (non-hydrogen) atoms. The second-order valence-electron chi connectivity index (χ2n) is 6.20. The molecular formula is C21H28N2OS. The van der Waals surface area contributed by atoms with E-state index in [4.69, 9.17) is 0 Å². The molecular weight excluding hydrogens is 328 g/mol. The second kappa shape index (κ2) is 8.95. The number of anilines is 1. The van der Waals surface area contributed by atoms with Gasteiger partial charge in [-0.3, -0.25) is 4.79 Å². The van der Waals surface area contributed by atoms with Gasteiger partial charge in [-0.2, -0.15) is 0 Å². The molecule has 2 rings (SSSR count). The zero-order valence-electron chi connectivity index (χ0n) is 15.6. The monoisotopic (exact) mass is 356 g/mol. The van der Waals surface area contributed by atoms with Gasteiger partial charge >= 0.3 is 0 Å². The minimum atomic E-state index is -0.557. The van der Waals surface area contributed by atoms with Gasteiger partial charge in [0, 0.05) is 31.9 Å². The molecule has 0 aliphatic rings. The molecule has 0 aliphatic heterocycles. The number of nitrogens with one attached hydrogen (secondary N) is 1. The zero-order valence-corrected chi connectivity index (χ0v) is 16.4. The van der Waals surface area contributed by atoms with Gasteiger partial charge in [-0.1, -0.05) is 62.4 Å². The molecule has 0 spiro atoms. The van der Waals surface area contributed by atoms with Crippen molar-refractivity contribution in [3.05, 3.63) is 65.7 Å². The van der Waals surface area contributed by atoms with Crippen molar-refractivity contribution in [2.75, 3.05) is 25.2 Å². The summed E-state index contributed by atoms with van der Waals surface area (Å²) in [6.07, 6.45) is 0.756. The Hall–Kier alpha value is -1.94. The highest BCUT2D eigenvalue weighted by atomic mass is 32.2. The molecule has 1 amide bonds. The molecule has 0 radical (unpaired) electrons. The Labute approximate surface area is 155 Å². The van der Waals surface area contributed by atoms with Crippen LogP contribution in [-0.2, 0) is 16.1 Å². The number of rotatable bonds is 8. The van der Waals surface area contributed by atoms with E-state index < -0.39 is 4.75 Å². The lowest BCUT2D eigenvalue weighted by atomic mass is 9.92. The first-order valence-corrected chi connectivity index (χ1v) is 9.76. The van der Waals surface area contributed by atoms with Crippen molar-refractivity contribution in [3.63, 3.8) is 0 Å². The van der Waals surface area contributed by atoms with Crippen molar-refractivity contribution in [3.8, 4) is 0 Å². The smallest absolute Gasteiger partial charge is 0.242 e. The van der Waals surface area contributed by atoms with Crippen molar-refractivity contribution < 1.29 is 4.79 Å². The molecule has 0 aliphatic carbocycles. The number of amides is 1. The molecule has 0 saturated carbocycles. The summed E-state index contributed by atoms with van der Waals surface area (Å²) in [6, 6.07) is 18.5. The molecule has 134 valence electrons. The third-order valence-corrected chi connectivity index (χ3v) is 5.79. The number of carbonyl (C=O) groups is 1. The fourth-order valence-electron chi connectivity index (χ4n) is 3.09. The third kappa shape index (κ3) is 4.37. The van der Waals surface area contributed by atoms with Crippen LogP contribution in [0.4, 0.5) is 5.69 Å². The average molecular weight is 357 g/mol. The van der Waals surface area contributed by atoms with Gasteiger partial charge in [-0.15, -0.1) is 11.8 Å². The number of benzene rings is 2. The van der Waals surface area contributed by atoms with E-state index >= 15 is 0 Å². The third-order valence-electron chi connectivity index (χ3n) is 4.33. The van der Waals surface area contributed by atoms with E-state index in [0.29, 0.717) is 0 Å². The molecule has 1 N–H and O–H groups in total. The predicted molar refractivity (Wildman–Crippen MR) is 109 cm³/mol. The van der Waals surface area contributed by atoms with Crippen LogP contribution in [0.1, 0.15) is 31.4 Å². The number of nitrogens with zero attached hydrogens (tertiary/aromatic N) is 1. The van der Waals surface area contributed by atoms with E-state index in [9.17, 15) is 4.79 Å². The number of thioether (sulfide) groups is 1. The summed E-state index contributed by atoms with van der Waals surface area (Å²) >= 11 is 1.72. The fourth-order valence-corrected chi connectivity index (χ4v) is 4.43. The lowest BCUT2D eigenvalue weighted by Gasteiger charge is -2.35. The van der Waals surface area contributed by atoms with E-state index in [1.807, 2.05) is 44.4 Å². The minimum absolute atomic E-state index is 0.149. The standard InChI is InChI=1S/C21H28N2OS/c1-5-21(25-6-2,20(24)23(3)4)18-14-10-11-15-19(18)22-16-17-12-8-7-9-13-17/h7-15,22H,5-6,16H2,1-4H3. The van der Waals surface area contributed by atoms with Gasteiger partial charge in [0.15, 0.2) is 0 Å². The Morgan fingerprint density at radius 1 is 1.04 bits per heavy atom. The topological polar surface area (TPSA) is 32.3 Å². The highest BCUT2D eigenvalue weighted by molar-refractivity contribution is 8.00. The predicted octanol–water partition coefficient (Wildman–Crippen LogP) is 4.75. The van der Waals surface area contributed by atoms with Gasteiger partial charge in [0.25, 0.3) is 0 Å². The van der Waals surface area contributed by atoms with Gasteiger partial charge in [0.1, 0.15) is 4.75 Å². The summed E-state index contributed by atoms with van der Waals surface area (Å²) in [5.74, 6) is 1.04. The van der Waals surface area contributed by atoms with Crippen LogP contribution in [0, 0.1) is 0 Å². The summed E-state index contributed by atoms with van der Waals surface area (Å²) in [7, 11) is 3.67. The van der Waals surface area contributed by atoms with Crippen molar-refractivity contribution in [2.24, 2.45) is 0 Å². The Morgan fingerprint density at radius 3 is 2.28 bits per heavy atom. The fraction of sp³-hybridized carbons (Fsp3) is 0.381. The van der Waals surface area contributed by atoms with Gasteiger partial charge in [0.05, 0.1) is 0 Å². The lowest BCUT2D eigenvalue weighted by molar-refractivity contribution is -0.131. The van der Waals surface area contributed by atoms with Crippen molar-refractivity contribution in [1.29, 1.82) is 0 Å². The van der Waals surface area contributed by atoms with Crippen LogP contribution in [0.3, 0.4) is 0 Å². The van der Waals surface area contributed by atoms with E-state index in [-0.39, 0.29) is 5.91 Å². The summed E-state index contributed by atoms with van der Waals surface area (Å²) in [4.78, 5) is 14.8. The van der Waals surface area contributed by atoms with E-state index in [2.05, 4.69) is 43.4 Å². The Kier molecular flexibility index (Phi) is 6.94. The Bertz CT molecular complexity index is 687. The molecule has 3 nitrogen and oxygen atoms in total. The zero-order chi connectivity index (χ0) is 18.3. The van der Waals surface area contributed by atoms with Crippen molar-refractivity contribution >= 4 is 23.4 Å². The average Bonchev–Trinajstić information content (AvgIpc) is 2.65. The van der Waals surface area contributed by atoms with Gasteiger partial charge in [-0.25, -0.2) is 0 Å². The summed E-state index contributed by atoms with van der Waals surface area (Å²) in [5.41, 5.74) is 3.32. The van der Waals surface area contributed by atoms with Gasteiger partial charge < -0.3 is 10.2 Å². The van der Waals surface area contributed by atoms with Crippen LogP contribution in [-0.4, -0.2) is 30.7 Å². The minimum Gasteiger partial charge on any atom is -0.381 e. The largest absolute Gasteiger partial charge is 0.381 e. The molecule has 0 saturated heterocycles. The first-order chi connectivity index (χ1) is 12.0. The SMILES string of the molecule is CCSC(CC)(C(=O)N(C)C)c1ccccc1NCc1ccccc1. The Morgan fingerprint density at radius 2 is 1.68 bits per heavy atom. The molecule has 2 aromatic rings. The molecule has 0 heterocycles. The summed E-state index contributed by atoms with van der Waals surface area (Å²) in [5, 5.41) is 3.54.